The lowest BCUT2D eigenvalue weighted by molar-refractivity contribution is -0.183. The number of hydrogen-bond acceptors (Lipinski definition) is 8. The molecule has 2 saturated carbocycles. The summed E-state index contributed by atoms with van der Waals surface area (Å²) in [6.45, 7) is 5.07. The maximum Gasteiger partial charge on any atom is 0.413 e. The Kier molecular flexibility index (Phi) is 11.3. The minimum Gasteiger partial charge on any atom is -0.447 e. The van der Waals surface area contributed by atoms with E-state index in [1.165, 1.54) is 42.5 Å². The van der Waals surface area contributed by atoms with Crippen LogP contribution in [-0.4, -0.2) is 83.7 Å². The maximum atomic E-state index is 14.6. The lowest BCUT2D eigenvalue weighted by atomic mass is 9.92. The molecule has 13 nitrogen and oxygen atoms in total. The quantitative estimate of drug-likeness (QED) is 0.0827. The lowest BCUT2D eigenvalue weighted by Gasteiger charge is -2.32. The number of ether oxygens (including phenoxy) is 1. The van der Waals surface area contributed by atoms with E-state index in [2.05, 4.69) is 25.4 Å². The van der Waals surface area contributed by atoms with Gasteiger partial charge in [-0.1, -0.05) is 55.8 Å². The summed E-state index contributed by atoms with van der Waals surface area (Å²) in [5, 5.41) is 13.2. The van der Waals surface area contributed by atoms with Crippen LogP contribution in [0.5, 0.6) is 0 Å². The van der Waals surface area contributed by atoms with Crippen LogP contribution in [0.2, 0.25) is 5.02 Å². The molecule has 2 aliphatic rings. The number of nitrogens with zero attached hydrogens (tertiary/aromatic N) is 8. The first-order chi connectivity index (χ1) is 27.1. The highest BCUT2D eigenvalue weighted by molar-refractivity contribution is 6.32. The minimum atomic E-state index is -4.78. The normalized spacial score (nSPS) is 16.9. The van der Waals surface area contributed by atoms with Gasteiger partial charge in [-0.3, -0.25) is 14.7 Å². The first-order valence-electron chi connectivity index (χ1n) is 17.8. The van der Waals surface area contributed by atoms with E-state index < -0.39 is 66.3 Å². The molecule has 6 rings (SSSR count). The van der Waals surface area contributed by atoms with Gasteiger partial charge in [0.25, 0.3) is 12.3 Å². The molecule has 1 atom stereocenters. The number of guanidine groups is 1. The summed E-state index contributed by atoms with van der Waals surface area (Å²) in [7, 11) is 0. The second kappa shape index (κ2) is 15.4. The number of carbonyl (C=O) groups excluding carboxylic acids is 2. The molecule has 2 amide bonds. The van der Waals surface area contributed by atoms with Gasteiger partial charge in [-0.15, -0.1) is 5.10 Å². The third-order valence-electron chi connectivity index (χ3n) is 9.88. The molecule has 0 unspecified atom stereocenters. The number of amides is 2. The van der Waals surface area contributed by atoms with E-state index in [1.54, 1.807) is 0 Å². The molecule has 2 aromatic carbocycles. The van der Waals surface area contributed by atoms with E-state index in [-0.39, 0.29) is 65.2 Å². The molecule has 22 heteroatoms. The highest BCUT2D eigenvalue weighted by atomic mass is 35.5. The Bertz CT molecular complexity index is 2170. The Labute approximate surface area is 330 Å². The van der Waals surface area contributed by atoms with Crippen LogP contribution in [0.25, 0.3) is 16.9 Å². The number of halogens is 9. The molecule has 0 spiro atoms. The fourth-order valence-corrected chi connectivity index (χ4v) is 6.27. The van der Waals surface area contributed by atoms with Crippen molar-refractivity contribution in [3.05, 3.63) is 77.0 Å². The molecule has 312 valence electrons. The Morgan fingerprint density at radius 2 is 1.69 bits per heavy atom. The number of alkyl halides is 8. The Balaban J connectivity index is 1.39. The third kappa shape index (κ3) is 8.73. The minimum absolute atomic E-state index is 0.0501. The van der Waals surface area contributed by atoms with Crippen LogP contribution in [-0.2, 0) is 10.3 Å². The summed E-state index contributed by atoms with van der Waals surface area (Å²) in [6.07, 6.45) is -12.4. The molecule has 3 N–H and O–H groups in total. The first kappa shape index (κ1) is 42.3. The third-order valence-corrected chi connectivity index (χ3v) is 10.2. The van der Waals surface area contributed by atoms with E-state index in [9.17, 15) is 44.7 Å². The SMILES string of the molecule is CC(C)(C)CCN=C(N)N(C(=O)c1ccc(-c2cn(C3(C(F)(F)F)CC3)nn2)cc1)[C@H](COC(=O)NC1(C(F)(F)F)CC1)c1ccc(Cl)c(-n2ncnc2C(F)F)c1. The number of aliphatic imine (C=N–C) groups is 1. The molecule has 58 heavy (non-hydrogen) atoms. The average molecular weight is 845 g/mol. The maximum absolute atomic E-state index is 14.6. The van der Waals surface area contributed by atoms with Gasteiger partial charge in [0.1, 0.15) is 24.2 Å². The number of aromatic nitrogens is 6. The van der Waals surface area contributed by atoms with Crippen LogP contribution in [0.15, 0.2) is 60.0 Å². The summed E-state index contributed by atoms with van der Waals surface area (Å²) >= 11 is 6.42. The van der Waals surface area contributed by atoms with Crippen molar-refractivity contribution >= 4 is 29.6 Å². The molecule has 2 aromatic heterocycles. The van der Waals surface area contributed by atoms with Crippen molar-refractivity contribution in [1.82, 2.24) is 40.0 Å². The van der Waals surface area contributed by atoms with Gasteiger partial charge in [0, 0.05) is 17.7 Å². The predicted octanol–water partition coefficient (Wildman–Crippen LogP) is 7.92. The number of nitrogens with one attached hydrogen (secondary N) is 1. The fraction of sp³-hybridized carbons (Fsp3) is 0.472. The van der Waals surface area contributed by atoms with Gasteiger partial charge in [-0.2, -0.15) is 31.4 Å². The lowest BCUT2D eigenvalue weighted by Crippen LogP contribution is -2.49. The summed E-state index contributed by atoms with van der Waals surface area (Å²) in [5.41, 5.74) is 1.88. The van der Waals surface area contributed by atoms with Crippen LogP contribution in [0.4, 0.5) is 39.9 Å². The number of benzene rings is 2. The van der Waals surface area contributed by atoms with Crippen molar-refractivity contribution in [2.45, 2.75) is 88.8 Å². The number of rotatable bonds is 12. The van der Waals surface area contributed by atoms with Gasteiger partial charge in [0.2, 0.25) is 0 Å². The second-order valence-electron chi connectivity index (χ2n) is 15.2. The standard InChI is InChI=1S/C36H37ClF8N10O3/c1-32(2,3)14-15-47-30(46)54(29(56)21-6-4-20(5-7-21)24-17-53(52-51-24)34(12-13-34)36(43,44)45)26(18-58-31(57)50-33(10-11-33)35(40,41)42)22-8-9-23(37)25(16-22)55-28(27(38)39)48-19-49-55/h4-9,16-17,19,26-27H,10-15,18H2,1-3H3,(H2,46,47)(H,50,57)/t26-/m1/s1. The molecule has 2 fully saturated rings. The van der Waals surface area contributed by atoms with Crippen molar-refractivity contribution < 1.29 is 49.4 Å². The number of hydrogen-bond donors (Lipinski definition) is 2. The average Bonchev–Trinajstić information content (AvgIpc) is 4.01. The van der Waals surface area contributed by atoms with Gasteiger partial charge >= 0.3 is 18.4 Å². The molecule has 0 saturated heterocycles. The van der Waals surface area contributed by atoms with Gasteiger partial charge in [-0.25, -0.2) is 27.9 Å². The van der Waals surface area contributed by atoms with E-state index in [4.69, 9.17) is 22.1 Å². The fourth-order valence-electron chi connectivity index (χ4n) is 6.07. The van der Waals surface area contributed by atoms with Crippen molar-refractivity contribution in [2.75, 3.05) is 13.2 Å². The Morgan fingerprint density at radius 1 is 1.02 bits per heavy atom. The molecule has 0 bridgehead atoms. The van der Waals surface area contributed by atoms with Gasteiger partial charge < -0.3 is 15.8 Å². The summed E-state index contributed by atoms with van der Waals surface area (Å²) in [5.74, 6) is -2.05. The van der Waals surface area contributed by atoms with Crippen LogP contribution < -0.4 is 11.1 Å². The van der Waals surface area contributed by atoms with Crippen molar-refractivity contribution in [2.24, 2.45) is 16.1 Å². The van der Waals surface area contributed by atoms with Crippen LogP contribution in [0.1, 0.15) is 87.1 Å². The van der Waals surface area contributed by atoms with E-state index in [0.29, 0.717) is 12.0 Å². The summed E-state index contributed by atoms with van der Waals surface area (Å²) in [4.78, 5) is 36.4. The molecule has 2 heterocycles. The zero-order valence-corrected chi connectivity index (χ0v) is 31.8. The van der Waals surface area contributed by atoms with Crippen molar-refractivity contribution in [3.63, 3.8) is 0 Å². The monoisotopic (exact) mass is 844 g/mol. The highest BCUT2D eigenvalue weighted by Crippen LogP contribution is 2.55. The van der Waals surface area contributed by atoms with Crippen LogP contribution in [0, 0.1) is 5.41 Å². The van der Waals surface area contributed by atoms with Crippen molar-refractivity contribution in [3.8, 4) is 16.9 Å². The van der Waals surface area contributed by atoms with E-state index >= 15 is 0 Å². The summed E-state index contributed by atoms with van der Waals surface area (Å²) in [6, 6.07) is 7.86. The van der Waals surface area contributed by atoms with Crippen molar-refractivity contribution in [1.29, 1.82) is 0 Å². The predicted molar refractivity (Wildman–Crippen MR) is 192 cm³/mol. The highest BCUT2D eigenvalue weighted by Gasteiger charge is 2.66. The second-order valence-corrected chi connectivity index (χ2v) is 15.6. The Morgan fingerprint density at radius 3 is 2.26 bits per heavy atom. The molecule has 0 radical (unpaired) electrons. The smallest absolute Gasteiger partial charge is 0.413 e. The molecular formula is C36H37ClF8N10O3. The number of nitrogens with two attached hydrogens (primary N) is 1. The summed E-state index contributed by atoms with van der Waals surface area (Å²) < 4.78 is 117. The van der Waals surface area contributed by atoms with E-state index in [1.807, 2.05) is 26.1 Å². The van der Waals surface area contributed by atoms with Gasteiger partial charge in [0.05, 0.1) is 22.9 Å². The number of carbonyl (C=O) groups is 2. The van der Waals surface area contributed by atoms with E-state index in [0.717, 1.165) is 26.8 Å². The molecule has 0 aliphatic heterocycles. The Hall–Kier alpha value is -5.34. The van der Waals surface area contributed by atoms with Gasteiger partial charge in [0.15, 0.2) is 17.3 Å². The zero-order chi connectivity index (χ0) is 42.4. The molecular weight excluding hydrogens is 808 g/mol. The number of alkyl carbamates (subject to hydrolysis) is 1. The molecule has 2 aliphatic carbocycles. The van der Waals surface area contributed by atoms with Crippen LogP contribution in [0.3, 0.4) is 0 Å². The van der Waals surface area contributed by atoms with Crippen LogP contribution >= 0.6 is 11.6 Å². The molecule has 4 aromatic rings. The zero-order valence-electron chi connectivity index (χ0n) is 31.1. The van der Waals surface area contributed by atoms with Gasteiger partial charge in [-0.05, 0) is 67.3 Å². The largest absolute Gasteiger partial charge is 0.447 e. The first-order valence-corrected chi connectivity index (χ1v) is 18.2. The topological polar surface area (TPSA) is 158 Å².